The second-order valence-electron chi connectivity index (χ2n) is 7.18. The number of para-hydroxylation sites is 1. The molecule has 128 valence electrons. The van der Waals surface area contributed by atoms with Crippen LogP contribution in [0.3, 0.4) is 0 Å². The largest absolute Gasteiger partial charge is 0.345 e. The van der Waals surface area contributed by atoms with Crippen LogP contribution in [0.4, 0.5) is 11.4 Å². The molecule has 0 saturated carbocycles. The molecule has 1 atom stereocenters. The molecule has 1 aliphatic heterocycles. The summed E-state index contributed by atoms with van der Waals surface area (Å²) in [4.78, 5) is 4.85. The Bertz CT molecular complexity index is 856. The van der Waals surface area contributed by atoms with Gasteiger partial charge in [-0.2, -0.15) is 0 Å². The molecule has 0 radical (unpaired) electrons. The van der Waals surface area contributed by atoms with Crippen LogP contribution in [0.25, 0.3) is 10.8 Å². The Labute approximate surface area is 150 Å². The summed E-state index contributed by atoms with van der Waals surface area (Å²) in [6.45, 7) is 4.64. The quantitative estimate of drug-likeness (QED) is 0.615. The van der Waals surface area contributed by atoms with E-state index < -0.39 is 0 Å². The van der Waals surface area contributed by atoms with Crippen molar-refractivity contribution >= 4 is 22.1 Å². The molecule has 4 rings (SSSR count). The van der Waals surface area contributed by atoms with Crippen LogP contribution in [0.1, 0.15) is 25.3 Å². The fourth-order valence-electron chi connectivity index (χ4n) is 3.93. The molecule has 0 aromatic heterocycles. The van der Waals surface area contributed by atoms with Crippen molar-refractivity contribution in [3.63, 3.8) is 0 Å². The van der Waals surface area contributed by atoms with Crippen molar-refractivity contribution in [3.8, 4) is 0 Å². The number of hydrogen-bond acceptors (Lipinski definition) is 2. The molecule has 1 aliphatic rings. The lowest BCUT2D eigenvalue weighted by atomic mass is 10.0. The fourth-order valence-corrected chi connectivity index (χ4v) is 3.93. The van der Waals surface area contributed by atoms with Crippen LogP contribution in [0.15, 0.2) is 66.7 Å². The van der Waals surface area contributed by atoms with Gasteiger partial charge in [0.2, 0.25) is 0 Å². The lowest BCUT2D eigenvalue weighted by Gasteiger charge is -2.23. The normalized spacial score (nSPS) is 17.9. The van der Waals surface area contributed by atoms with Crippen molar-refractivity contribution in [2.45, 2.75) is 32.4 Å². The number of benzene rings is 3. The second kappa shape index (κ2) is 6.89. The first-order valence-electron chi connectivity index (χ1n) is 9.27. The summed E-state index contributed by atoms with van der Waals surface area (Å²) in [5.41, 5.74) is 3.88. The van der Waals surface area contributed by atoms with Crippen molar-refractivity contribution in [1.82, 2.24) is 4.90 Å². The zero-order valence-corrected chi connectivity index (χ0v) is 15.2. The second-order valence-corrected chi connectivity index (χ2v) is 7.18. The number of rotatable bonds is 4. The maximum absolute atomic E-state index is 2.61. The van der Waals surface area contributed by atoms with Crippen LogP contribution in [0.2, 0.25) is 0 Å². The molecule has 1 saturated heterocycles. The predicted molar refractivity (Wildman–Crippen MR) is 108 cm³/mol. The first kappa shape index (κ1) is 16.2. The van der Waals surface area contributed by atoms with E-state index in [9.17, 15) is 0 Å². The van der Waals surface area contributed by atoms with Crippen molar-refractivity contribution in [3.05, 3.63) is 72.3 Å². The molecule has 1 unspecified atom stereocenters. The Morgan fingerprint density at radius 1 is 0.960 bits per heavy atom. The molecule has 0 spiro atoms. The Morgan fingerprint density at radius 3 is 2.56 bits per heavy atom. The molecular weight excluding hydrogens is 304 g/mol. The molecule has 0 N–H and O–H groups in total. The summed E-state index contributed by atoms with van der Waals surface area (Å²) in [7, 11) is 2.13. The van der Waals surface area contributed by atoms with Gasteiger partial charge in [0.15, 0.2) is 0 Å². The van der Waals surface area contributed by atoms with Gasteiger partial charge in [-0.15, -0.1) is 0 Å². The molecule has 3 aromatic carbocycles. The van der Waals surface area contributed by atoms with Gasteiger partial charge in [0.05, 0.1) is 0 Å². The van der Waals surface area contributed by atoms with Crippen molar-refractivity contribution < 1.29 is 0 Å². The maximum Gasteiger partial charge on any atom is 0.0414 e. The minimum Gasteiger partial charge on any atom is -0.345 e. The molecule has 25 heavy (non-hydrogen) atoms. The van der Waals surface area contributed by atoms with Gasteiger partial charge >= 0.3 is 0 Å². The van der Waals surface area contributed by atoms with Gasteiger partial charge in [-0.05, 0) is 66.9 Å². The third-order valence-corrected chi connectivity index (χ3v) is 5.55. The Morgan fingerprint density at radius 2 is 1.80 bits per heavy atom. The lowest BCUT2D eigenvalue weighted by molar-refractivity contribution is 0.261. The van der Waals surface area contributed by atoms with E-state index in [1.807, 2.05) is 0 Å². The van der Waals surface area contributed by atoms with Crippen LogP contribution in [0.5, 0.6) is 0 Å². The third kappa shape index (κ3) is 3.27. The smallest absolute Gasteiger partial charge is 0.0414 e. The summed E-state index contributed by atoms with van der Waals surface area (Å²) in [6.07, 6.45) is 2.66. The SMILES string of the molecule is CC1CCCN1Cc1cccc2cc(N(C)c3ccccc3)ccc12. The number of fused-ring (bicyclic) bond motifs is 1. The van der Waals surface area contributed by atoms with Gasteiger partial charge in [-0.1, -0.05) is 42.5 Å². The molecule has 0 amide bonds. The van der Waals surface area contributed by atoms with E-state index in [-0.39, 0.29) is 0 Å². The third-order valence-electron chi connectivity index (χ3n) is 5.55. The van der Waals surface area contributed by atoms with E-state index in [0.29, 0.717) is 6.04 Å². The maximum atomic E-state index is 2.61. The average molecular weight is 330 g/mol. The number of anilines is 2. The van der Waals surface area contributed by atoms with Gasteiger partial charge in [0.1, 0.15) is 0 Å². The summed E-state index contributed by atoms with van der Waals surface area (Å²) in [5, 5.41) is 2.71. The van der Waals surface area contributed by atoms with E-state index in [4.69, 9.17) is 0 Å². The molecular formula is C23H26N2. The average Bonchev–Trinajstić information content (AvgIpc) is 3.06. The minimum atomic E-state index is 0.707. The van der Waals surface area contributed by atoms with Crippen LogP contribution in [0, 0.1) is 0 Å². The first-order valence-corrected chi connectivity index (χ1v) is 9.27. The summed E-state index contributed by atoms with van der Waals surface area (Å²) < 4.78 is 0. The molecule has 0 bridgehead atoms. The van der Waals surface area contributed by atoms with E-state index in [2.05, 4.69) is 90.5 Å². The van der Waals surface area contributed by atoms with Crippen LogP contribution in [-0.2, 0) is 6.54 Å². The van der Waals surface area contributed by atoms with Crippen LogP contribution >= 0.6 is 0 Å². The van der Waals surface area contributed by atoms with Crippen molar-refractivity contribution in [2.24, 2.45) is 0 Å². The van der Waals surface area contributed by atoms with Gasteiger partial charge < -0.3 is 4.90 Å². The topological polar surface area (TPSA) is 6.48 Å². The molecule has 2 heteroatoms. The van der Waals surface area contributed by atoms with Gasteiger partial charge in [0, 0.05) is 31.0 Å². The highest BCUT2D eigenvalue weighted by molar-refractivity contribution is 5.89. The number of nitrogens with zero attached hydrogens (tertiary/aromatic N) is 2. The monoisotopic (exact) mass is 330 g/mol. The van der Waals surface area contributed by atoms with E-state index in [1.165, 1.54) is 47.1 Å². The van der Waals surface area contributed by atoms with Crippen LogP contribution in [-0.4, -0.2) is 24.5 Å². The van der Waals surface area contributed by atoms with Crippen molar-refractivity contribution in [1.29, 1.82) is 0 Å². The number of likely N-dealkylation sites (tertiary alicyclic amines) is 1. The zero-order chi connectivity index (χ0) is 17.2. The number of hydrogen-bond donors (Lipinski definition) is 0. The molecule has 0 aliphatic carbocycles. The fraction of sp³-hybridized carbons (Fsp3) is 0.304. The molecule has 2 nitrogen and oxygen atoms in total. The van der Waals surface area contributed by atoms with E-state index >= 15 is 0 Å². The first-order chi connectivity index (χ1) is 12.2. The lowest BCUT2D eigenvalue weighted by Crippen LogP contribution is -2.26. The molecule has 1 fully saturated rings. The minimum absolute atomic E-state index is 0.707. The summed E-state index contributed by atoms with van der Waals surface area (Å²) in [5.74, 6) is 0. The van der Waals surface area contributed by atoms with Gasteiger partial charge in [-0.3, -0.25) is 4.90 Å². The van der Waals surface area contributed by atoms with E-state index in [1.54, 1.807) is 0 Å². The van der Waals surface area contributed by atoms with Gasteiger partial charge in [-0.25, -0.2) is 0 Å². The Kier molecular flexibility index (Phi) is 4.46. The zero-order valence-electron chi connectivity index (χ0n) is 15.2. The Balaban J connectivity index is 1.65. The Hall–Kier alpha value is -2.32. The van der Waals surface area contributed by atoms with Crippen molar-refractivity contribution in [2.75, 3.05) is 18.5 Å². The summed E-state index contributed by atoms with van der Waals surface area (Å²) in [6, 6.07) is 24.8. The highest BCUT2D eigenvalue weighted by atomic mass is 15.2. The highest BCUT2D eigenvalue weighted by Crippen LogP contribution is 2.30. The standard InChI is InChI=1S/C23H26N2/c1-18-8-7-15-25(18)17-20-10-6-9-19-16-22(13-14-23(19)20)24(2)21-11-4-3-5-12-21/h3-6,9-14,16,18H,7-8,15,17H2,1-2H3. The summed E-state index contributed by atoms with van der Waals surface area (Å²) >= 11 is 0. The van der Waals surface area contributed by atoms with E-state index in [0.717, 1.165) is 6.54 Å². The molecule has 1 heterocycles. The highest BCUT2D eigenvalue weighted by Gasteiger charge is 2.20. The van der Waals surface area contributed by atoms with Crippen LogP contribution < -0.4 is 4.90 Å². The predicted octanol–water partition coefficient (Wildman–Crippen LogP) is 5.59. The molecule has 3 aromatic rings. The van der Waals surface area contributed by atoms with Gasteiger partial charge in [0.25, 0.3) is 0 Å².